The molecule has 23 heavy (non-hydrogen) atoms. The van der Waals surface area contributed by atoms with Crippen molar-refractivity contribution in [2.24, 2.45) is 0 Å². The summed E-state index contributed by atoms with van der Waals surface area (Å²) in [6.45, 7) is 2.41. The maximum absolute atomic E-state index is 9.36. The first kappa shape index (κ1) is 15.3. The molecular weight excluding hydrogens is 290 g/mol. The van der Waals surface area contributed by atoms with Crippen LogP contribution in [0, 0.1) is 11.3 Å². The lowest BCUT2D eigenvalue weighted by molar-refractivity contribution is 0.236. The number of nitrogens with two attached hydrogens (primary N) is 1. The molecule has 0 amide bonds. The second-order valence-electron chi connectivity index (χ2n) is 5.59. The van der Waals surface area contributed by atoms with Gasteiger partial charge in [0, 0.05) is 43.6 Å². The standard InChI is InChI=1S/C17H19N5O/c18-8-13-3-4-20-9-15(13)12-1-2-16(19)17(7-12)22-6-5-21-14(10-22)11-23/h1-4,7,9,14,21,23H,5-6,10-11,19H2. The molecule has 1 aromatic heterocycles. The molecule has 2 aromatic rings. The van der Waals surface area contributed by atoms with Crippen molar-refractivity contribution in [1.29, 1.82) is 5.26 Å². The maximum atomic E-state index is 9.36. The fourth-order valence-electron chi connectivity index (χ4n) is 2.87. The lowest BCUT2D eigenvalue weighted by Crippen LogP contribution is -2.52. The molecule has 1 unspecified atom stereocenters. The molecule has 0 radical (unpaired) electrons. The topological polar surface area (TPSA) is 98.2 Å². The van der Waals surface area contributed by atoms with Gasteiger partial charge >= 0.3 is 0 Å². The van der Waals surface area contributed by atoms with Gasteiger partial charge in [-0.1, -0.05) is 6.07 Å². The van der Waals surface area contributed by atoms with Gasteiger partial charge in [0.25, 0.3) is 0 Å². The molecule has 6 heteroatoms. The van der Waals surface area contributed by atoms with E-state index in [1.807, 2.05) is 18.2 Å². The predicted molar refractivity (Wildman–Crippen MR) is 89.9 cm³/mol. The third-order valence-electron chi connectivity index (χ3n) is 4.10. The summed E-state index contributed by atoms with van der Waals surface area (Å²) in [7, 11) is 0. The molecule has 0 bridgehead atoms. The number of aromatic nitrogens is 1. The Morgan fingerprint density at radius 2 is 2.30 bits per heavy atom. The van der Waals surface area contributed by atoms with Crippen LogP contribution in [-0.4, -0.2) is 42.4 Å². The van der Waals surface area contributed by atoms with E-state index >= 15 is 0 Å². The highest BCUT2D eigenvalue weighted by atomic mass is 16.3. The quantitative estimate of drug-likeness (QED) is 0.731. The van der Waals surface area contributed by atoms with Gasteiger partial charge in [0.05, 0.1) is 29.6 Å². The van der Waals surface area contributed by atoms with Gasteiger partial charge in [0.2, 0.25) is 0 Å². The Morgan fingerprint density at radius 1 is 1.43 bits per heavy atom. The van der Waals surface area contributed by atoms with E-state index in [9.17, 15) is 10.4 Å². The molecule has 6 nitrogen and oxygen atoms in total. The number of rotatable bonds is 3. The third kappa shape index (κ3) is 3.11. The average molecular weight is 309 g/mol. The Kier molecular flexibility index (Phi) is 4.42. The summed E-state index contributed by atoms with van der Waals surface area (Å²) in [5, 5.41) is 21.9. The van der Waals surface area contributed by atoms with Crippen LogP contribution in [0.25, 0.3) is 11.1 Å². The fourth-order valence-corrected chi connectivity index (χ4v) is 2.87. The molecule has 1 fully saturated rings. The van der Waals surface area contributed by atoms with Crippen LogP contribution in [0.5, 0.6) is 0 Å². The first-order valence-corrected chi connectivity index (χ1v) is 7.56. The van der Waals surface area contributed by atoms with E-state index in [-0.39, 0.29) is 12.6 Å². The lowest BCUT2D eigenvalue weighted by Gasteiger charge is -2.35. The summed E-state index contributed by atoms with van der Waals surface area (Å²) < 4.78 is 0. The minimum atomic E-state index is 0.0415. The van der Waals surface area contributed by atoms with E-state index in [1.54, 1.807) is 18.5 Å². The lowest BCUT2D eigenvalue weighted by atomic mass is 10.0. The van der Waals surface area contributed by atoms with Crippen LogP contribution in [0.3, 0.4) is 0 Å². The van der Waals surface area contributed by atoms with Crippen LogP contribution in [0.4, 0.5) is 11.4 Å². The van der Waals surface area contributed by atoms with Crippen LogP contribution in [0.15, 0.2) is 36.7 Å². The van der Waals surface area contributed by atoms with Crippen molar-refractivity contribution in [3.8, 4) is 17.2 Å². The number of nitriles is 1. The monoisotopic (exact) mass is 309 g/mol. The molecule has 3 rings (SSSR count). The van der Waals surface area contributed by atoms with Gasteiger partial charge in [-0.2, -0.15) is 5.26 Å². The van der Waals surface area contributed by atoms with Gasteiger partial charge in [0.15, 0.2) is 0 Å². The molecule has 4 N–H and O–H groups in total. The summed E-state index contributed by atoms with van der Waals surface area (Å²) in [6, 6.07) is 9.70. The summed E-state index contributed by atoms with van der Waals surface area (Å²) in [6.07, 6.45) is 3.31. The molecule has 0 spiro atoms. The highest BCUT2D eigenvalue weighted by Crippen LogP contribution is 2.31. The number of aliphatic hydroxyl groups excluding tert-OH is 1. The first-order chi connectivity index (χ1) is 11.2. The zero-order chi connectivity index (χ0) is 16.2. The maximum Gasteiger partial charge on any atom is 0.0999 e. The molecule has 1 saturated heterocycles. The molecule has 1 aromatic carbocycles. The van der Waals surface area contributed by atoms with Crippen molar-refractivity contribution < 1.29 is 5.11 Å². The van der Waals surface area contributed by atoms with E-state index < -0.39 is 0 Å². The van der Waals surface area contributed by atoms with Crippen LogP contribution >= 0.6 is 0 Å². The van der Waals surface area contributed by atoms with Gasteiger partial charge < -0.3 is 21.1 Å². The van der Waals surface area contributed by atoms with Gasteiger partial charge in [-0.25, -0.2) is 0 Å². The van der Waals surface area contributed by atoms with Crippen LogP contribution in [0.1, 0.15) is 5.56 Å². The number of pyridine rings is 1. The Balaban J connectivity index is 1.98. The Bertz CT molecular complexity index is 740. The SMILES string of the molecule is N#Cc1ccncc1-c1ccc(N)c(N2CCNC(CO)C2)c1. The number of nitrogen functional groups attached to an aromatic ring is 1. The highest BCUT2D eigenvalue weighted by molar-refractivity contribution is 5.79. The number of nitrogens with zero attached hydrogens (tertiary/aromatic N) is 3. The number of aliphatic hydroxyl groups is 1. The third-order valence-corrected chi connectivity index (χ3v) is 4.10. The van der Waals surface area contributed by atoms with Crippen LogP contribution < -0.4 is 16.0 Å². The predicted octanol–water partition coefficient (Wildman–Crippen LogP) is 0.973. The molecule has 1 atom stereocenters. The largest absolute Gasteiger partial charge is 0.397 e. The van der Waals surface area contributed by atoms with Crippen molar-refractivity contribution >= 4 is 11.4 Å². The van der Waals surface area contributed by atoms with Crippen LogP contribution in [-0.2, 0) is 0 Å². The summed E-state index contributed by atoms with van der Waals surface area (Å²) >= 11 is 0. The van der Waals surface area contributed by atoms with E-state index in [4.69, 9.17) is 5.73 Å². The molecule has 118 valence electrons. The summed E-state index contributed by atoms with van der Waals surface area (Å²) in [5.74, 6) is 0. The van der Waals surface area contributed by atoms with Crippen molar-refractivity contribution in [3.05, 3.63) is 42.2 Å². The van der Waals surface area contributed by atoms with Gasteiger partial charge in [-0.15, -0.1) is 0 Å². The van der Waals surface area contributed by atoms with E-state index in [2.05, 4.69) is 21.3 Å². The average Bonchev–Trinajstić information content (AvgIpc) is 2.62. The van der Waals surface area contributed by atoms with Crippen molar-refractivity contribution in [2.75, 3.05) is 36.9 Å². The number of hydrogen-bond acceptors (Lipinski definition) is 6. The minimum absolute atomic E-state index is 0.0415. The van der Waals surface area contributed by atoms with E-state index in [0.29, 0.717) is 17.8 Å². The highest BCUT2D eigenvalue weighted by Gasteiger charge is 2.21. The Hall–Kier alpha value is -2.62. The second-order valence-corrected chi connectivity index (χ2v) is 5.59. The minimum Gasteiger partial charge on any atom is -0.397 e. The zero-order valence-electron chi connectivity index (χ0n) is 12.7. The number of nitrogens with one attached hydrogen (secondary N) is 1. The Labute approximate surface area is 135 Å². The molecule has 2 heterocycles. The zero-order valence-corrected chi connectivity index (χ0v) is 12.7. The summed E-state index contributed by atoms with van der Waals surface area (Å²) in [5.41, 5.74) is 10.1. The number of piperazine rings is 1. The molecule has 1 aliphatic heterocycles. The summed E-state index contributed by atoms with van der Waals surface area (Å²) in [4.78, 5) is 6.29. The number of benzene rings is 1. The molecule has 0 saturated carbocycles. The number of anilines is 2. The second kappa shape index (κ2) is 6.65. The van der Waals surface area contributed by atoms with Crippen LogP contribution in [0.2, 0.25) is 0 Å². The van der Waals surface area contributed by atoms with Gasteiger partial charge in [-0.05, 0) is 23.8 Å². The van der Waals surface area contributed by atoms with E-state index in [1.165, 1.54) is 0 Å². The first-order valence-electron chi connectivity index (χ1n) is 7.56. The smallest absolute Gasteiger partial charge is 0.0999 e. The van der Waals surface area contributed by atoms with Crippen molar-refractivity contribution in [3.63, 3.8) is 0 Å². The van der Waals surface area contributed by atoms with Gasteiger partial charge in [0.1, 0.15) is 0 Å². The van der Waals surface area contributed by atoms with Gasteiger partial charge in [-0.3, -0.25) is 4.98 Å². The normalized spacial score (nSPS) is 17.7. The van der Waals surface area contributed by atoms with E-state index in [0.717, 1.165) is 29.9 Å². The molecular formula is C17H19N5O. The van der Waals surface area contributed by atoms with Crippen molar-refractivity contribution in [1.82, 2.24) is 10.3 Å². The van der Waals surface area contributed by atoms with Crippen molar-refractivity contribution in [2.45, 2.75) is 6.04 Å². The number of hydrogen-bond donors (Lipinski definition) is 3. The molecule has 1 aliphatic rings. The molecule has 0 aliphatic carbocycles. The Morgan fingerprint density at radius 3 is 3.09 bits per heavy atom. The fraction of sp³-hybridized carbons (Fsp3) is 0.294.